The topological polar surface area (TPSA) is 18.5 Å². The molecule has 1 heterocycles. The van der Waals surface area contributed by atoms with E-state index in [2.05, 4.69) is 191 Å². The number of rotatable bonds is 5. The monoisotopic (exact) mass is 589 g/mol. The van der Waals surface area contributed by atoms with Crippen LogP contribution >= 0.6 is 0 Å². The second-order valence-electron chi connectivity index (χ2n) is 11.9. The number of fused-ring (bicyclic) bond motifs is 7. The Balaban J connectivity index is 1.29. The molecule has 0 amide bonds. The molecule has 1 aliphatic heterocycles. The van der Waals surface area contributed by atoms with E-state index in [9.17, 15) is 0 Å². The Morgan fingerprint density at radius 1 is 0.435 bits per heavy atom. The van der Waals surface area contributed by atoms with Crippen LogP contribution < -0.4 is 15.1 Å². The van der Waals surface area contributed by atoms with E-state index in [0.29, 0.717) is 0 Å². The molecular formula is C43H31N3. The zero-order valence-corrected chi connectivity index (χ0v) is 25.2. The Bertz CT molecular complexity index is 2350. The second kappa shape index (κ2) is 10.8. The van der Waals surface area contributed by atoms with Crippen molar-refractivity contribution < 1.29 is 0 Å². The maximum absolute atomic E-state index is 3.98. The van der Waals surface area contributed by atoms with Gasteiger partial charge < -0.3 is 15.1 Å². The van der Waals surface area contributed by atoms with Crippen LogP contribution in [-0.2, 0) is 0 Å². The summed E-state index contributed by atoms with van der Waals surface area (Å²) >= 11 is 0. The third-order valence-electron chi connectivity index (χ3n) is 9.18. The standard InChI is InChI=1S/C43H31N3/c1-4-15-31(16-5-1)43-44-41-38-27-26-36(45(33-18-6-2-7-19-33)35-25-24-30-14-10-11-17-32(30)28-35)29-40(38)37-22-12-13-23-39(37)42(41)46(43)34-20-8-3-9-21-34/h1-29,43-44H. The van der Waals surface area contributed by atoms with E-state index in [1.54, 1.807) is 0 Å². The summed E-state index contributed by atoms with van der Waals surface area (Å²) in [6, 6.07) is 63.2. The average Bonchev–Trinajstić information content (AvgIpc) is 3.54. The van der Waals surface area contributed by atoms with Crippen LogP contribution in [0.3, 0.4) is 0 Å². The molecule has 0 aliphatic carbocycles. The lowest BCUT2D eigenvalue weighted by Crippen LogP contribution is -2.23. The van der Waals surface area contributed by atoms with Gasteiger partial charge in [0, 0.05) is 33.5 Å². The van der Waals surface area contributed by atoms with Gasteiger partial charge in [-0.1, -0.05) is 127 Å². The molecule has 0 bridgehead atoms. The summed E-state index contributed by atoms with van der Waals surface area (Å²) in [5, 5.41) is 11.3. The van der Waals surface area contributed by atoms with Crippen LogP contribution in [0.2, 0.25) is 0 Å². The van der Waals surface area contributed by atoms with Crippen molar-refractivity contribution in [2.45, 2.75) is 6.17 Å². The first-order valence-electron chi connectivity index (χ1n) is 15.8. The second-order valence-corrected chi connectivity index (χ2v) is 11.9. The first kappa shape index (κ1) is 26.4. The molecule has 0 radical (unpaired) electrons. The summed E-state index contributed by atoms with van der Waals surface area (Å²) < 4.78 is 0. The van der Waals surface area contributed by atoms with Crippen LogP contribution in [0.4, 0.5) is 34.1 Å². The highest BCUT2D eigenvalue weighted by atomic mass is 15.3. The number of para-hydroxylation sites is 2. The van der Waals surface area contributed by atoms with Crippen molar-refractivity contribution in [2.75, 3.05) is 15.1 Å². The third kappa shape index (κ3) is 4.28. The lowest BCUT2D eigenvalue weighted by atomic mass is 9.97. The lowest BCUT2D eigenvalue weighted by molar-refractivity contribution is 0.830. The molecule has 8 aromatic rings. The van der Waals surface area contributed by atoms with Gasteiger partial charge in [0.15, 0.2) is 0 Å². The first-order chi connectivity index (χ1) is 22.8. The van der Waals surface area contributed by atoms with Crippen molar-refractivity contribution in [3.8, 4) is 0 Å². The predicted molar refractivity (Wildman–Crippen MR) is 195 cm³/mol. The molecule has 0 saturated carbocycles. The molecule has 1 atom stereocenters. The maximum atomic E-state index is 3.98. The van der Waals surface area contributed by atoms with Crippen LogP contribution in [0.5, 0.6) is 0 Å². The van der Waals surface area contributed by atoms with Gasteiger partial charge in [0.05, 0.1) is 11.4 Å². The number of nitrogens with zero attached hydrogens (tertiary/aromatic N) is 2. The largest absolute Gasteiger partial charge is 0.359 e. The SMILES string of the molecule is c1ccc(C2Nc3c(c4ccccc4c4cc(N(c5ccccc5)c5ccc6ccccc6c5)ccc34)N2c2ccccc2)cc1. The molecule has 9 rings (SSSR count). The normalized spacial score (nSPS) is 14.0. The van der Waals surface area contributed by atoms with Crippen molar-refractivity contribution in [2.24, 2.45) is 0 Å². The molecule has 8 aromatic carbocycles. The summed E-state index contributed by atoms with van der Waals surface area (Å²) in [5.41, 5.74) is 8.14. The number of hydrogen-bond donors (Lipinski definition) is 1. The van der Waals surface area contributed by atoms with Gasteiger partial charge in [-0.25, -0.2) is 0 Å². The van der Waals surface area contributed by atoms with Gasteiger partial charge in [-0.15, -0.1) is 0 Å². The molecule has 1 aliphatic rings. The van der Waals surface area contributed by atoms with Crippen LogP contribution in [0.25, 0.3) is 32.3 Å². The van der Waals surface area contributed by atoms with E-state index >= 15 is 0 Å². The highest BCUT2D eigenvalue weighted by Gasteiger charge is 2.34. The quantitative estimate of drug-likeness (QED) is 0.201. The Hall–Kier alpha value is -6.06. The Morgan fingerprint density at radius 2 is 1.04 bits per heavy atom. The van der Waals surface area contributed by atoms with Gasteiger partial charge >= 0.3 is 0 Å². The first-order valence-corrected chi connectivity index (χ1v) is 15.8. The van der Waals surface area contributed by atoms with E-state index < -0.39 is 0 Å². The van der Waals surface area contributed by atoms with Crippen LogP contribution in [0, 0.1) is 0 Å². The van der Waals surface area contributed by atoms with E-state index in [1.165, 1.54) is 43.6 Å². The molecule has 218 valence electrons. The molecule has 46 heavy (non-hydrogen) atoms. The van der Waals surface area contributed by atoms with Gasteiger partial charge in [0.1, 0.15) is 6.17 Å². The molecule has 3 nitrogen and oxygen atoms in total. The minimum atomic E-state index is -0.0364. The maximum Gasteiger partial charge on any atom is 0.130 e. The van der Waals surface area contributed by atoms with Crippen molar-refractivity contribution >= 4 is 66.4 Å². The van der Waals surface area contributed by atoms with E-state index in [1.807, 2.05) is 0 Å². The van der Waals surface area contributed by atoms with Gasteiger partial charge in [0.2, 0.25) is 0 Å². The van der Waals surface area contributed by atoms with Gasteiger partial charge in [-0.2, -0.15) is 0 Å². The van der Waals surface area contributed by atoms with Crippen LogP contribution in [0.1, 0.15) is 11.7 Å². The number of hydrogen-bond acceptors (Lipinski definition) is 3. The van der Waals surface area contributed by atoms with Crippen molar-refractivity contribution in [1.82, 2.24) is 0 Å². The predicted octanol–water partition coefficient (Wildman–Crippen LogP) is 11.9. The fourth-order valence-corrected chi connectivity index (χ4v) is 7.10. The molecule has 0 saturated heterocycles. The summed E-state index contributed by atoms with van der Waals surface area (Å²) in [5.74, 6) is 0. The minimum absolute atomic E-state index is 0.0364. The van der Waals surface area contributed by atoms with Crippen molar-refractivity contribution in [3.63, 3.8) is 0 Å². The number of nitrogens with one attached hydrogen (secondary N) is 1. The van der Waals surface area contributed by atoms with Crippen molar-refractivity contribution in [3.05, 3.63) is 181 Å². The zero-order chi connectivity index (χ0) is 30.5. The molecule has 0 fully saturated rings. The highest BCUT2D eigenvalue weighted by Crippen LogP contribution is 2.54. The Kier molecular flexibility index (Phi) is 6.20. The van der Waals surface area contributed by atoms with Gasteiger partial charge in [-0.05, 0) is 75.6 Å². The van der Waals surface area contributed by atoms with Crippen molar-refractivity contribution in [1.29, 1.82) is 0 Å². The smallest absolute Gasteiger partial charge is 0.130 e. The van der Waals surface area contributed by atoms with Crippen LogP contribution in [-0.4, -0.2) is 0 Å². The molecule has 3 heteroatoms. The molecule has 1 unspecified atom stereocenters. The zero-order valence-electron chi connectivity index (χ0n) is 25.2. The summed E-state index contributed by atoms with van der Waals surface area (Å²) in [7, 11) is 0. The summed E-state index contributed by atoms with van der Waals surface area (Å²) in [6.07, 6.45) is -0.0364. The lowest BCUT2D eigenvalue weighted by Gasteiger charge is -2.28. The van der Waals surface area contributed by atoms with Crippen LogP contribution in [0.15, 0.2) is 176 Å². The number of anilines is 6. The van der Waals surface area contributed by atoms with Gasteiger partial charge in [-0.3, -0.25) is 0 Å². The fraction of sp³-hybridized carbons (Fsp3) is 0.0233. The Labute approximate surface area is 268 Å². The molecule has 0 spiro atoms. The molecular weight excluding hydrogens is 558 g/mol. The van der Waals surface area contributed by atoms with E-state index in [-0.39, 0.29) is 6.17 Å². The van der Waals surface area contributed by atoms with E-state index in [0.717, 1.165) is 28.4 Å². The number of benzene rings is 8. The van der Waals surface area contributed by atoms with Gasteiger partial charge in [0.25, 0.3) is 0 Å². The van der Waals surface area contributed by atoms with E-state index in [4.69, 9.17) is 0 Å². The molecule has 0 aromatic heterocycles. The minimum Gasteiger partial charge on any atom is -0.359 e. The third-order valence-corrected chi connectivity index (χ3v) is 9.18. The average molecular weight is 590 g/mol. The Morgan fingerprint density at radius 3 is 1.83 bits per heavy atom. The summed E-state index contributed by atoms with van der Waals surface area (Å²) in [4.78, 5) is 4.83. The summed E-state index contributed by atoms with van der Waals surface area (Å²) in [6.45, 7) is 0. The molecule has 1 N–H and O–H groups in total. The fourth-order valence-electron chi connectivity index (χ4n) is 7.10. The highest BCUT2D eigenvalue weighted by molar-refractivity contribution is 6.23.